The SMILES string of the molecule is Cc1cc(CCl)c(=O)[nH]c1C(F)F. The van der Waals surface area contributed by atoms with Crippen LogP contribution in [0.1, 0.15) is 23.2 Å². The molecular weight excluding hydrogens is 200 g/mol. The fourth-order valence-electron chi connectivity index (χ4n) is 1.03. The van der Waals surface area contributed by atoms with Gasteiger partial charge in [0.15, 0.2) is 0 Å². The van der Waals surface area contributed by atoms with Crippen molar-refractivity contribution in [2.75, 3.05) is 0 Å². The Kier molecular flexibility index (Phi) is 3.03. The van der Waals surface area contributed by atoms with Crippen molar-refractivity contribution in [3.05, 3.63) is 33.2 Å². The maximum atomic E-state index is 12.2. The van der Waals surface area contributed by atoms with Crippen LogP contribution in [0.15, 0.2) is 10.9 Å². The number of hydrogen-bond acceptors (Lipinski definition) is 1. The Bertz CT molecular complexity index is 362. The van der Waals surface area contributed by atoms with Gasteiger partial charge in [-0.15, -0.1) is 11.6 Å². The van der Waals surface area contributed by atoms with Gasteiger partial charge in [0.2, 0.25) is 0 Å². The van der Waals surface area contributed by atoms with Crippen LogP contribution in [0.25, 0.3) is 0 Å². The molecule has 0 atom stereocenters. The molecule has 1 rings (SSSR count). The maximum Gasteiger partial charge on any atom is 0.278 e. The predicted molar refractivity (Wildman–Crippen MR) is 46.3 cm³/mol. The van der Waals surface area contributed by atoms with Crippen LogP contribution >= 0.6 is 11.6 Å². The first-order chi connectivity index (χ1) is 6.06. The van der Waals surface area contributed by atoms with Crippen molar-refractivity contribution in [1.29, 1.82) is 0 Å². The van der Waals surface area contributed by atoms with Gasteiger partial charge < -0.3 is 4.98 Å². The monoisotopic (exact) mass is 207 g/mol. The summed E-state index contributed by atoms with van der Waals surface area (Å²) in [5.41, 5.74) is -0.219. The molecular formula is C8H8ClF2NO. The zero-order valence-corrected chi connectivity index (χ0v) is 7.66. The number of aromatic amines is 1. The van der Waals surface area contributed by atoms with Gasteiger partial charge in [0.25, 0.3) is 12.0 Å². The average molecular weight is 208 g/mol. The molecule has 0 aromatic carbocycles. The first-order valence-electron chi connectivity index (χ1n) is 3.63. The zero-order valence-electron chi connectivity index (χ0n) is 6.90. The van der Waals surface area contributed by atoms with Gasteiger partial charge in [-0.1, -0.05) is 0 Å². The highest BCUT2D eigenvalue weighted by Crippen LogP contribution is 2.19. The Balaban J connectivity index is 3.29. The van der Waals surface area contributed by atoms with Crippen LogP contribution < -0.4 is 5.56 Å². The van der Waals surface area contributed by atoms with E-state index in [1.54, 1.807) is 0 Å². The van der Waals surface area contributed by atoms with E-state index in [0.29, 0.717) is 11.1 Å². The third-order valence-electron chi connectivity index (χ3n) is 1.72. The van der Waals surface area contributed by atoms with Crippen molar-refractivity contribution in [2.45, 2.75) is 19.2 Å². The molecule has 0 aliphatic carbocycles. The summed E-state index contributed by atoms with van der Waals surface area (Å²) >= 11 is 5.43. The quantitative estimate of drug-likeness (QED) is 0.742. The van der Waals surface area contributed by atoms with Gasteiger partial charge in [-0.05, 0) is 18.6 Å². The highest BCUT2D eigenvalue weighted by atomic mass is 35.5. The minimum atomic E-state index is -2.66. The maximum absolute atomic E-state index is 12.2. The van der Waals surface area contributed by atoms with Crippen LogP contribution in [0.2, 0.25) is 0 Å². The van der Waals surface area contributed by atoms with Gasteiger partial charge in [-0.3, -0.25) is 4.79 Å². The van der Waals surface area contributed by atoms with E-state index in [-0.39, 0.29) is 11.6 Å². The lowest BCUT2D eigenvalue weighted by atomic mass is 10.1. The van der Waals surface area contributed by atoms with Crippen LogP contribution in [-0.2, 0) is 5.88 Å². The number of pyridine rings is 1. The minimum absolute atomic E-state index is 0.0275. The van der Waals surface area contributed by atoms with Crippen LogP contribution in [0.4, 0.5) is 8.78 Å². The van der Waals surface area contributed by atoms with Crippen LogP contribution in [-0.4, -0.2) is 4.98 Å². The lowest BCUT2D eigenvalue weighted by molar-refractivity contribution is 0.145. The first kappa shape index (κ1) is 10.2. The summed E-state index contributed by atoms with van der Waals surface area (Å²) in [4.78, 5) is 13.2. The molecule has 0 unspecified atom stereocenters. The standard InChI is InChI=1S/C8H8ClF2NO/c1-4-2-5(3-9)8(13)12-6(4)7(10)11/h2,7H,3H2,1H3,(H,12,13). The number of nitrogens with one attached hydrogen (secondary N) is 1. The summed E-state index contributed by atoms with van der Waals surface area (Å²) in [6.45, 7) is 1.51. The summed E-state index contributed by atoms with van der Waals surface area (Å²) in [5.74, 6) is 0.0275. The molecule has 0 saturated heterocycles. The molecule has 0 spiro atoms. The van der Waals surface area contributed by atoms with E-state index in [9.17, 15) is 13.6 Å². The van der Waals surface area contributed by atoms with E-state index < -0.39 is 12.0 Å². The molecule has 1 heterocycles. The lowest BCUT2D eigenvalue weighted by Crippen LogP contribution is -2.15. The van der Waals surface area contributed by atoms with E-state index in [2.05, 4.69) is 4.98 Å². The van der Waals surface area contributed by atoms with E-state index in [1.165, 1.54) is 13.0 Å². The van der Waals surface area contributed by atoms with Gasteiger partial charge >= 0.3 is 0 Å². The summed E-state index contributed by atoms with van der Waals surface area (Å²) in [6, 6.07) is 1.38. The number of halogens is 3. The molecule has 1 aromatic rings. The summed E-state index contributed by atoms with van der Waals surface area (Å²) in [7, 11) is 0. The molecule has 0 saturated carbocycles. The molecule has 0 fully saturated rings. The van der Waals surface area contributed by atoms with Crippen molar-refractivity contribution < 1.29 is 8.78 Å². The van der Waals surface area contributed by atoms with Crippen LogP contribution in [0.3, 0.4) is 0 Å². The van der Waals surface area contributed by atoms with Gasteiger partial charge in [-0.25, -0.2) is 8.78 Å². The number of alkyl halides is 3. The highest BCUT2D eigenvalue weighted by molar-refractivity contribution is 6.17. The molecule has 2 nitrogen and oxygen atoms in total. The number of aryl methyl sites for hydroxylation is 1. The summed E-state index contributed by atoms with van der Waals surface area (Å²) in [5, 5.41) is 0. The van der Waals surface area contributed by atoms with Crippen molar-refractivity contribution in [1.82, 2.24) is 4.98 Å². The topological polar surface area (TPSA) is 32.9 Å². The van der Waals surface area contributed by atoms with Gasteiger partial charge in [0.05, 0.1) is 11.6 Å². The second kappa shape index (κ2) is 3.87. The third-order valence-corrected chi connectivity index (χ3v) is 2.01. The number of aromatic nitrogens is 1. The molecule has 72 valence electrons. The van der Waals surface area contributed by atoms with E-state index in [4.69, 9.17) is 11.6 Å². The van der Waals surface area contributed by atoms with E-state index in [1.807, 2.05) is 0 Å². The molecule has 0 aliphatic heterocycles. The molecule has 0 amide bonds. The summed E-state index contributed by atoms with van der Waals surface area (Å²) in [6.07, 6.45) is -2.66. The zero-order chi connectivity index (χ0) is 10.0. The Morgan fingerprint density at radius 3 is 2.69 bits per heavy atom. The van der Waals surface area contributed by atoms with Crippen LogP contribution in [0, 0.1) is 6.92 Å². The van der Waals surface area contributed by atoms with Crippen molar-refractivity contribution >= 4 is 11.6 Å². The fourth-order valence-corrected chi connectivity index (χ4v) is 1.23. The molecule has 13 heavy (non-hydrogen) atoms. The van der Waals surface area contributed by atoms with E-state index in [0.717, 1.165) is 0 Å². The number of H-pyrrole nitrogens is 1. The van der Waals surface area contributed by atoms with Crippen molar-refractivity contribution in [3.8, 4) is 0 Å². The number of hydrogen-bond donors (Lipinski definition) is 1. The second-order valence-electron chi connectivity index (χ2n) is 2.65. The highest BCUT2D eigenvalue weighted by Gasteiger charge is 2.13. The smallest absolute Gasteiger partial charge is 0.278 e. The summed E-state index contributed by atoms with van der Waals surface area (Å²) < 4.78 is 24.5. The average Bonchev–Trinajstić information content (AvgIpc) is 2.07. The lowest BCUT2D eigenvalue weighted by Gasteiger charge is -2.05. The van der Waals surface area contributed by atoms with Crippen LogP contribution in [0.5, 0.6) is 0 Å². The fraction of sp³-hybridized carbons (Fsp3) is 0.375. The molecule has 1 aromatic heterocycles. The minimum Gasteiger partial charge on any atom is -0.321 e. The normalized spacial score (nSPS) is 10.8. The largest absolute Gasteiger partial charge is 0.321 e. The second-order valence-corrected chi connectivity index (χ2v) is 2.92. The van der Waals surface area contributed by atoms with Gasteiger partial charge in [-0.2, -0.15) is 0 Å². The molecule has 0 aliphatic rings. The molecule has 5 heteroatoms. The third kappa shape index (κ3) is 2.06. The van der Waals surface area contributed by atoms with Crippen molar-refractivity contribution in [2.24, 2.45) is 0 Å². The first-order valence-corrected chi connectivity index (χ1v) is 4.16. The van der Waals surface area contributed by atoms with Crippen molar-refractivity contribution in [3.63, 3.8) is 0 Å². The Labute approximate surface area is 78.5 Å². The van der Waals surface area contributed by atoms with E-state index >= 15 is 0 Å². The Morgan fingerprint density at radius 1 is 1.62 bits per heavy atom. The molecule has 1 N–H and O–H groups in total. The van der Waals surface area contributed by atoms with Gasteiger partial charge in [0.1, 0.15) is 0 Å². The molecule has 0 bridgehead atoms. The number of rotatable bonds is 2. The Hall–Kier alpha value is -0.900. The molecule has 0 radical (unpaired) electrons. The predicted octanol–water partition coefficient (Wildman–Crippen LogP) is 2.36. The Morgan fingerprint density at radius 2 is 2.23 bits per heavy atom. The van der Waals surface area contributed by atoms with Gasteiger partial charge in [0, 0.05) is 5.56 Å².